The predicted octanol–water partition coefficient (Wildman–Crippen LogP) is 0.632. The van der Waals surface area contributed by atoms with E-state index in [1.54, 1.807) is 0 Å². The molecule has 2 rings (SSSR count). The minimum Gasteiger partial charge on any atom is -0.399 e. The van der Waals surface area contributed by atoms with Gasteiger partial charge in [-0.05, 0) is 24.3 Å². The van der Waals surface area contributed by atoms with Crippen molar-refractivity contribution >= 4 is 17.3 Å². The van der Waals surface area contributed by atoms with Crippen molar-refractivity contribution in [3.63, 3.8) is 0 Å². The van der Waals surface area contributed by atoms with E-state index in [0.717, 1.165) is 0 Å². The molecule has 4 nitrogen and oxygen atoms in total. The quantitative estimate of drug-likeness (QED) is 0.673. The van der Waals surface area contributed by atoms with Crippen LogP contribution in [0.4, 0.5) is 11.4 Å². The highest BCUT2D eigenvalue weighted by atomic mass is 16.5. The van der Waals surface area contributed by atoms with Crippen LogP contribution in [0.25, 0.3) is 0 Å². The van der Waals surface area contributed by atoms with Crippen LogP contribution in [0.3, 0.4) is 0 Å². The number of anilines is 2. The van der Waals surface area contributed by atoms with Gasteiger partial charge in [0.1, 0.15) is 6.56 Å². The Morgan fingerprint density at radius 1 is 1.43 bits per heavy atom. The lowest BCUT2D eigenvalue weighted by molar-refractivity contribution is -0.125. The Labute approximate surface area is 90.7 Å². The third kappa shape index (κ3) is 1.70. The highest BCUT2D eigenvalue weighted by Crippen LogP contribution is 2.17. The predicted molar refractivity (Wildman–Crippen MR) is 54.0 cm³/mol. The average Bonchev–Trinajstić information content (AvgIpc) is 2.28. The van der Waals surface area contributed by atoms with Crippen LogP contribution in [0.1, 0.15) is 8.22 Å². The average molecular weight is 198 g/mol. The number of amides is 1. The first-order valence-electron chi connectivity index (χ1n) is 6.89. The molecular formula is C10H12N2O2. The number of carbonyl (C=O) groups excluding carboxylic acids is 1. The molecule has 74 valence electrons. The third-order valence-electron chi connectivity index (χ3n) is 1.70. The zero-order chi connectivity index (χ0) is 15.3. The maximum atomic E-state index is 12.0. The molecule has 4 heteroatoms. The van der Waals surface area contributed by atoms with Crippen LogP contribution in [0.15, 0.2) is 24.3 Å². The van der Waals surface area contributed by atoms with E-state index in [4.69, 9.17) is 14.0 Å². The molecule has 1 fully saturated rings. The first kappa shape index (κ1) is 4.31. The van der Waals surface area contributed by atoms with E-state index in [0.29, 0.717) is 10.6 Å². The number of carbonyl (C=O) groups is 1. The van der Waals surface area contributed by atoms with E-state index in [-0.39, 0.29) is 5.69 Å². The number of benzene rings is 1. The summed E-state index contributed by atoms with van der Waals surface area (Å²) in [6.07, 6.45) is 0. The van der Waals surface area contributed by atoms with Gasteiger partial charge in [-0.3, -0.25) is 4.79 Å². The second-order valence-corrected chi connectivity index (χ2v) is 2.65. The van der Waals surface area contributed by atoms with Gasteiger partial charge in [0.2, 0.25) is 0 Å². The first-order valence-corrected chi connectivity index (χ1v) is 3.89. The molecular weight excluding hydrogens is 180 g/mol. The highest BCUT2D eigenvalue weighted by Gasteiger charge is 2.19. The van der Waals surface area contributed by atoms with Crippen LogP contribution in [0.2, 0.25) is 0 Å². The zero-order valence-corrected chi connectivity index (χ0v) is 7.15. The molecule has 1 heterocycles. The Morgan fingerprint density at radius 2 is 2.14 bits per heavy atom. The number of ether oxygens (including phenoxy) is 1. The SMILES string of the molecule is [2H]C1([2H])OC([2H])([2H])C([2H])([2H])N(c2ccc(N)cc2)C1=O. The number of hydrogen-bond acceptors (Lipinski definition) is 3. The van der Waals surface area contributed by atoms with Crippen LogP contribution in [-0.2, 0) is 9.53 Å². The normalized spacial score (nSPS) is 34.3. The smallest absolute Gasteiger partial charge is 0.253 e. The Bertz CT molecular complexity index is 545. The van der Waals surface area contributed by atoms with Crippen molar-refractivity contribution < 1.29 is 17.8 Å². The fourth-order valence-corrected chi connectivity index (χ4v) is 1.04. The molecule has 0 bridgehead atoms. The fraction of sp³-hybridized carbons (Fsp3) is 0.300. The van der Waals surface area contributed by atoms with Gasteiger partial charge >= 0.3 is 0 Å². The van der Waals surface area contributed by atoms with Gasteiger partial charge in [0, 0.05) is 17.9 Å². The van der Waals surface area contributed by atoms with Crippen molar-refractivity contribution in [3.8, 4) is 0 Å². The van der Waals surface area contributed by atoms with E-state index in [9.17, 15) is 4.79 Å². The van der Waals surface area contributed by atoms with Gasteiger partial charge in [0.15, 0.2) is 0 Å². The largest absolute Gasteiger partial charge is 0.399 e. The molecule has 0 atom stereocenters. The van der Waals surface area contributed by atoms with Gasteiger partial charge in [-0.1, -0.05) is 0 Å². The van der Waals surface area contributed by atoms with E-state index in [1.165, 1.54) is 24.3 Å². The Hall–Kier alpha value is -1.55. The molecule has 2 N–H and O–H groups in total. The second kappa shape index (κ2) is 3.67. The number of hydrogen-bond donors (Lipinski definition) is 1. The Morgan fingerprint density at radius 3 is 2.86 bits per heavy atom. The highest BCUT2D eigenvalue weighted by molar-refractivity contribution is 5.94. The third-order valence-corrected chi connectivity index (χ3v) is 1.70. The van der Waals surface area contributed by atoms with Crippen LogP contribution in [-0.4, -0.2) is 25.5 Å². The topological polar surface area (TPSA) is 55.6 Å². The van der Waals surface area contributed by atoms with Crippen molar-refractivity contribution in [2.75, 3.05) is 30.2 Å². The van der Waals surface area contributed by atoms with Gasteiger partial charge < -0.3 is 15.4 Å². The van der Waals surface area contributed by atoms with Crippen LogP contribution in [0, 0.1) is 0 Å². The number of rotatable bonds is 1. The number of morpholine rings is 1. The molecule has 0 spiro atoms. The number of nitrogens with zero attached hydrogens (tertiary/aromatic N) is 1. The van der Waals surface area contributed by atoms with Gasteiger partial charge in [0.25, 0.3) is 5.91 Å². The molecule has 0 aliphatic carbocycles. The molecule has 14 heavy (non-hydrogen) atoms. The lowest BCUT2D eigenvalue weighted by atomic mass is 10.2. The summed E-state index contributed by atoms with van der Waals surface area (Å²) in [5.74, 6) is -1.32. The molecule has 0 radical (unpaired) electrons. The van der Waals surface area contributed by atoms with Gasteiger partial charge in [-0.25, -0.2) is 0 Å². The van der Waals surface area contributed by atoms with Gasteiger partial charge in [-0.15, -0.1) is 0 Å². The van der Waals surface area contributed by atoms with E-state index in [2.05, 4.69) is 4.74 Å². The standard InChI is InChI=1S/C10H12N2O2/c11-8-1-3-9(4-2-8)12-5-6-14-7-10(12)13/h1-4H,5-7,11H2/i5D2,6D2,7D2. The minimum atomic E-state index is -3.01. The van der Waals surface area contributed by atoms with Crippen LogP contribution in [0.5, 0.6) is 0 Å². The molecule has 0 aromatic heterocycles. The summed E-state index contributed by atoms with van der Waals surface area (Å²) in [6.45, 7) is -8.84. The van der Waals surface area contributed by atoms with Crippen molar-refractivity contribution in [2.45, 2.75) is 0 Å². The lowest BCUT2D eigenvalue weighted by Crippen LogP contribution is -2.41. The summed E-state index contributed by atoms with van der Waals surface area (Å²) in [6, 6.07) is 5.42. The summed E-state index contributed by atoms with van der Waals surface area (Å²) in [7, 11) is 0. The Kier molecular flexibility index (Phi) is 1.13. The summed E-state index contributed by atoms with van der Waals surface area (Å²) in [5.41, 5.74) is 5.86. The molecule has 1 aromatic carbocycles. The van der Waals surface area contributed by atoms with Gasteiger partial charge in [-0.2, -0.15) is 0 Å². The molecule has 0 saturated carbocycles. The molecule has 1 aliphatic rings. The van der Waals surface area contributed by atoms with Crippen molar-refractivity contribution in [2.24, 2.45) is 0 Å². The maximum absolute atomic E-state index is 12.0. The lowest BCUT2D eigenvalue weighted by Gasteiger charge is -2.26. The van der Waals surface area contributed by atoms with E-state index in [1.807, 2.05) is 0 Å². The van der Waals surface area contributed by atoms with Crippen LogP contribution < -0.4 is 10.6 Å². The van der Waals surface area contributed by atoms with E-state index >= 15 is 0 Å². The summed E-state index contributed by atoms with van der Waals surface area (Å²) in [4.78, 5) is 12.4. The summed E-state index contributed by atoms with van der Waals surface area (Å²) < 4.78 is 49.7. The monoisotopic (exact) mass is 198 g/mol. The van der Waals surface area contributed by atoms with E-state index < -0.39 is 25.5 Å². The fourth-order valence-electron chi connectivity index (χ4n) is 1.04. The summed E-state index contributed by atoms with van der Waals surface area (Å²) >= 11 is 0. The zero-order valence-electron chi connectivity index (χ0n) is 13.2. The van der Waals surface area contributed by atoms with Crippen molar-refractivity contribution in [3.05, 3.63) is 24.3 Å². The number of nitrogens with two attached hydrogens (primary N) is 1. The number of nitrogen functional groups attached to an aromatic ring is 1. The molecule has 0 unspecified atom stereocenters. The second-order valence-electron chi connectivity index (χ2n) is 2.65. The first-order chi connectivity index (χ1) is 8.99. The molecule has 1 aliphatic heterocycles. The van der Waals surface area contributed by atoms with Crippen LogP contribution >= 0.6 is 0 Å². The maximum Gasteiger partial charge on any atom is 0.253 e. The molecule has 1 saturated heterocycles. The molecule has 1 aromatic rings. The Balaban J connectivity index is 2.57. The van der Waals surface area contributed by atoms with Crippen molar-refractivity contribution in [1.82, 2.24) is 0 Å². The minimum absolute atomic E-state index is 0.00903. The van der Waals surface area contributed by atoms with Crippen molar-refractivity contribution in [1.29, 1.82) is 0 Å². The molecule has 1 amide bonds. The van der Waals surface area contributed by atoms with Gasteiger partial charge in [0.05, 0.1) is 14.8 Å². The summed E-state index contributed by atoms with van der Waals surface area (Å²) in [5, 5.41) is 0.